The van der Waals surface area contributed by atoms with Crippen LogP contribution in [0.4, 0.5) is 5.95 Å². The third-order valence-electron chi connectivity index (χ3n) is 4.25. The van der Waals surface area contributed by atoms with Gasteiger partial charge in [-0.3, -0.25) is 4.79 Å². The molecule has 0 bridgehead atoms. The first-order valence-corrected chi connectivity index (χ1v) is 8.71. The summed E-state index contributed by atoms with van der Waals surface area (Å²) in [4.78, 5) is 20.9. The van der Waals surface area contributed by atoms with Crippen LogP contribution >= 0.6 is 11.6 Å². The number of nitrogens with one attached hydrogen (secondary N) is 1. The van der Waals surface area contributed by atoms with E-state index in [-0.39, 0.29) is 11.9 Å². The molecule has 2 heterocycles. The van der Waals surface area contributed by atoms with Gasteiger partial charge in [-0.2, -0.15) is 4.98 Å². The minimum Gasteiger partial charge on any atom is -0.368 e. The highest BCUT2D eigenvalue weighted by atomic mass is 35.5. The summed E-state index contributed by atoms with van der Waals surface area (Å²) >= 11 is 5.89. The average molecular weight is 378 g/mol. The van der Waals surface area contributed by atoms with Gasteiger partial charge in [-0.15, -0.1) is 0 Å². The molecule has 0 saturated carbocycles. The Kier molecular flexibility index (Phi) is 4.48. The highest BCUT2D eigenvalue weighted by molar-refractivity contribution is 6.30. The normalized spacial score (nSPS) is 10.9. The molecule has 0 atom stereocenters. The number of amides is 1. The first-order chi connectivity index (χ1) is 13.1. The van der Waals surface area contributed by atoms with E-state index in [0.717, 1.165) is 16.5 Å². The summed E-state index contributed by atoms with van der Waals surface area (Å²) in [6.07, 6.45) is 3.47. The minimum absolute atomic E-state index is 0.143. The number of halogens is 1. The lowest BCUT2D eigenvalue weighted by Crippen LogP contribution is -2.22. The maximum absolute atomic E-state index is 12.7. The van der Waals surface area contributed by atoms with Crippen molar-refractivity contribution in [2.45, 2.75) is 6.54 Å². The summed E-state index contributed by atoms with van der Waals surface area (Å²) in [5, 5.41) is 4.45. The van der Waals surface area contributed by atoms with E-state index in [4.69, 9.17) is 17.3 Å². The molecule has 0 aliphatic carbocycles. The number of aromatic nitrogens is 3. The number of benzene rings is 2. The number of rotatable bonds is 4. The molecule has 0 saturated heterocycles. The smallest absolute Gasteiger partial charge is 0.252 e. The molecule has 3 N–H and O–H groups in total. The van der Waals surface area contributed by atoms with Crippen molar-refractivity contribution >= 4 is 34.4 Å². The molecule has 0 radical (unpaired) electrons. The van der Waals surface area contributed by atoms with Gasteiger partial charge in [0.15, 0.2) is 0 Å². The molecule has 7 heteroatoms. The summed E-state index contributed by atoms with van der Waals surface area (Å²) < 4.78 is 1.88. The van der Waals surface area contributed by atoms with Gasteiger partial charge in [0.05, 0.1) is 5.52 Å². The van der Waals surface area contributed by atoms with Crippen LogP contribution in [-0.2, 0) is 6.54 Å². The number of hydrogen-bond acceptors (Lipinski definition) is 4. The maximum Gasteiger partial charge on any atom is 0.252 e. The summed E-state index contributed by atoms with van der Waals surface area (Å²) in [7, 11) is 0. The Morgan fingerprint density at radius 1 is 1.11 bits per heavy atom. The average Bonchev–Trinajstić information content (AvgIpc) is 3.11. The van der Waals surface area contributed by atoms with Crippen LogP contribution in [0.25, 0.3) is 16.7 Å². The van der Waals surface area contributed by atoms with Gasteiger partial charge in [0.2, 0.25) is 5.95 Å². The van der Waals surface area contributed by atoms with Crippen molar-refractivity contribution in [1.29, 1.82) is 0 Å². The first-order valence-electron chi connectivity index (χ1n) is 8.33. The highest BCUT2D eigenvalue weighted by Crippen LogP contribution is 2.23. The SMILES string of the molecule is Nc1nccc(-n2ccc3c(C(=O)NCc4ccc(Cl)cc4)cccc32)n1. The number of nitrogen functional groups attached to an aromatic ring is 1. The van der Waals surface area contributed by atoms with E-state index < -0.39 is 0 Å². The highest BCUT2D eigenvalue weighted by Gasteiger charge is 2.13. The van der Waals surface area contributed by atoms with E-state index >= 15 is 0 Å². The zero-order valence-electron chi connectivity index (χ0n) is 14.3. The summed E-state index contributed by atoms with van der Waals surface area (Å²) in [6.45, 7) is 0.426. The van der Waals surface area contributed by atoms with Crippen LogP contribution in [0.15, 0.2) is 67.0 Å². The molecule has 4 aromatic rings. The van der Waals surface area contributed by atoms with E-state index in [1.165, 1.54) is 0 Å². The molecule has 4 rings (SSSR count). The molecule has 0 spiro atoms. The van der Waals surface area contributed by atoms with Gasteiger partial charge in [-0.05, 0) is 42.0 Å². The summed E-state index contributed by atoms with van der Waals surface area (Å²) in [5.74, 6) is 0.706. The second-order valence-corrected chi connectivity index (χ2v) is 6.44. The number of fused-ring (bicyclic) bond motifs is 1. The molecule has 0 aliphatic heterocycles. The quantitative estimate of drug-likeness (QED) is 0.569. The lowest BCUT2D eigenvalue weighted by Gasteiger charge is -2.08. The van der Waals surface area contributed by atoms with Gasteiger partial charge < -0.3 is 15.6 Å². The Labute approximate surface area is 160 Å². The first kappa shape index (κ1) is 17.1. The molecule has 2 aromatic carbocycles. The standard InChI is InChI=1S/C20H16ClN5O/c21-14-6-4-13(5-7-14)12-24-19(27)16-2-1-3-17-15(16)9-11-26(17)18-8-10-23-20(22)25-18/h1-11H,12H2,(H,24,27)(H2,22,23,25). The molecule has 0 aliphatic rings. The van der Waals surface area contributed by atoms with Crippen molar-refractivity contribution in [3.05, 3.63) is 83.1 Å². The van der Waals surface area contributed by atoms with Gasteiger partial charge in [0.25, 0.3) is 5.91 Å². The molecule has 2 aromatic heterocycles. The number of carbonyl (C=O) groups is 1. The molecule has 27 heavy (non-hydrogen) atoms. The Morgan fingerprint density at radius 3 is 2.70 bits per heavy atom. The zero-order valence-corrected chi connectivity index (χ0v) is 15.0. The maximum atomic E-state index is 12.7. The van der Waals surface area contributed by atoms with Crippen molar-refractivity contribution in [1.82, 2.24) is 19.9 Å². The number of nitrogens with two attached hydrogens (primary N) is 1. The topological polar surface area (TPSA) is 85.8 Å². The molecule has 1 amide bonds. The summed E-state index contributed by atoms with van der Waals surface area (Å²) in [5.41, 5.74) is 8.13. The zero-order chi connectivity index (χ0) is 18.8. The predicted octanol–water partition coefficient (Wildman–Crippen LogP) is 3.59. The van der Waals surface area contributed by atoms with Crippen LogP contribution in [-0.4, -0.2) is 20.4 Å². The molecule has 0 fully saturated rings. The fourth-order valence-corrected chi connectivity index (χ4v) is 3.07. The third kappa shape index (κ3) is 3.47. The van der Waals surface area contributed by atoms with E-state index in [1.807, 2.05) is 41.1 Å². The fraction of sp³-hybridized carbons (Fsp3) is 0.0500. The van der Waals surface area contributed by atoms with Gasteiger partial charge in [0, 0.05) is 34.9 Å². The van der Waals surface area contributed by atoms with Crippen molar-refractivity contribution in [3.8, 4) is 5.82 Å². The van der Waals surface area contributed by atoms with Crippen LogP contribution in [0.3, 0.4) is 0 Å². The van der Waals surface area contributed by atoms with Crippen molar-refractivity contribution in [2.24, 2.45) is 0 Å². The number of hydrogen-bond donors (Lipinski definition) is 2. The Morgan fingerprint density at radius 2 is 1.93 bits per heavy atom. The molecule has 134 valence electrons. The molecular formula is C20H16ClN5O. The molecule has 0 unspecified atom stereocenters. The van der Waals surface area contributed by atoms with Crippen LogP contribution in [0.1, 0.15) is 15.9 Å². The Hall–Kier alpha value is -3.38. The molecular weight excluding hydrogens is 362 g/mol. The number of anilines is 1. The van der Waals surface area contributed by atoms with Gasteiger partial charge in [-0.25, -0.2) is 4.98 Å². The van der Waals surface area contributed by atoms with Crippen LogP contribution in [0.2, 0.25) is 5.02 Å². The predicted molar refractivity (Wildman–Crippen MR) is 106 cm³/mol. The van der Waals surface area contributed by atoms with Crippen LogP contribution in [0.5, 0.6) is 0 Å². The number of carbonyl (C=O) groups excluding carboxylic acids is 1. The Bertz CT molecular complexity index is 1120. The molecule has 6 nitrogen and oxygen atoms in total. The second-order valence-electron chi connectivity index (χ2n) is 6.01. The van der Waals surface area contributed by atoms with Crippen LogP contribution in [0, 0.1) is 0 Å². The monoisotopic (exact) mass is 377 g/mol. The minimum atomic E-state index is -0.143. The largest absolute Gasteiger partial charge is 0.368 e. The van der Waals surface area contributed by atoms with Crippen molar-refractivity contribution < 1.29 is 4.79 Å². The van der Waals surface area contributed by atoms with Gasteiger partial charge >= 0.3 is 0 Å². The van der Waals surface area contributed by atoms with E-state index in [2.05, 4.69) is 15.3 Å². The second kappa shape index (κ2) is 7.09. The van der Waals surface area contributed by atoms with Crippen LogP contribution < -0.4 is 11.1 Å². The van der Waals surface area contributed by atoms with E-state index in [9.17, 15) is 4.79 Å². The van der Waals surface area contributed by atoms with Crippen molar-refractivity contribution in [2.75, 3.05) is 5.73 Å². The fourth-order valence-electron chi connectivity index (χ4n) is 2.94. The Balaban J connectivity index is 1.62. The van der Waals surface area contributed by atoms with Crippen molar-refractivity contribution in [3.63, 3.8) is 0 Å². The van der Waals surface area contributed by atoms with Gasteiger partial charge in [-0.1, -0.05) is 29.8 Å². The van der Waals surface area contributed by atoms with E-state index in [1.54, 1.807) is 30.5 Å². The lowest BCUT2D eigenvalue weighted by molar-refractivity contribution is 0.0952. The van der Waals surface area contributed by atoms with Gasteiger partial charge in [0.1, 0.15) is 5.82 Å². The lowest BCUT2D eigenvalue weighted by atomic mass is 10.1. The number of nitrogens with zero attached hydrogens (tertiary/aromatic N) is 3. The van der Waals surface area contributed by atoms with E-state index in [0.29, 0.717) is 22.9 Å². The summed E-state index contributed by atoms with van der Waals surface area (Å²) in [6, 6.07) is 16.6. The third-order valence-corrected chi connectivity index (χ3v) is 4.50.